The van der Waals surface area contributed by atoms with Gasteiger partial charge in [0.2, 0.25) is 5.89 Å². The first-order valence-electron chi connectivity index (χ1n) is 7.09. The van der Waals surface area contributed by atoms with Crippen LogP contribution in [0.3, 0.4) is 0 Å². The number of oxazole rings is 1. The number of ether oxygens (including phenoxy) is 1. The highest BCUT2D eigenvalue weighted by Crippen LogP contribution is 2.23. The summed E-state index contributed by atoms with van der Waals surface area (Å²) >= 11 is 0. The van der Waals surface area contributed by atoms with E-state index in [1.165, 1.54) is 5.56 Å². The highest BCUT2D eigenvalue weighted by molar-refractivity contribution is 5.34. The summed E-state index contributed by atoms with van der Waals surface area (Å²) in [5.74, 6) is 2.66. The number of nitrogens with zero attached hydrogens (tertiary/aromatic N) is 1. The van der Waals surface area contributed by atoms with E-state index in [1.807, 2.05) is 26.0 Å². The molecule has 1 aliphatic heterocycles. The van der Waals surface area contributed by atoms with Crippen LogP contribution in [0.15, 0.2) is 28.7 Å². The molecule has 0 fully saturated rings. The van der Waals surface area contributed by atoms with Crippen molar-refractivity contribution in [2.75, 3.05) is 6.61 Å². The van der Waals surface area contributed by atoms with Gasteiger partial charge in [-0.15, -0.1) is 0 Å². The fourth-order valence-corrected chi connectivity index (χ4v) is 2.46. The Labute approximate surface area is 119 Å². The van der Waals surface area contributed by atoms with Gasteiger partial charge < -0.3 is 14.5 Å². The lowest BCUT2D eigenvalue weighted by atomic mass is 10.1. The molecule has 1 aromatic heterocycles. The number of hydrogen-bond donors (Lipinski definition) is 1. The van der Waals surface area contributed by atoms with Crippen LogP contribution in [0.2, 0.25) is 0 Å². The van der Waals surface area contributed by atoms with Crippen LogP contribution in [0.5, 0.6) is 5.75 Å². The maximum absolute atomic E-state index is 5.86. The molecule has 2 heterocycles. The molecule has 0 saturated carbocycles. The van der Waals surface area contributed by atoms with Crippen molar-refractivity contribution in [3.63, 3.8) is 0 Å². The molecule has 0 saturated heterocycles. The fourth-order valence-electron chi connectivity index (χ4n) is 2.46. The minimum Gasteiger partial charge on any atom is -0.492 e. The van der Waals surface area contributed by atoms with Crippen LogP contribution in [-0.4, -0.2) is 17.6 Å². The summed E-state index contributed by atoms with van der Waals surface area (Å²) in [6.45, 7) is 5.25. The van der Waals surface area contributed by atoms with Crippen molar-refractivity contribution in [2.24, 2.45) is 0 Å². The molecule has 1 aliphatic rings. The van der Waals surface area contributed by atoms with E-state index >= 15 is 0 Å². The van der Waals surface area contributed by atoms with E-state index in [4.69, 9.17) is 9.15 Å². The molecule has 1 N–H and O–H groups in total. The van der Waals surface area contributed by atoms with Gasteiger partial charge in [-0.05, 0) is 38.3 Å². The normalized spacial score (nSPS) is 18.2. The molecule has 1 unspecified atom stereocenters. The third-order valence-corrected chi connectivity index (χ3v) is 3.79. The Morgan fingerprint density at radius 2 is 2.15 bits per heavy atom. The molecule has 0 bridgehead atoms. The van der Waals surface area contributed by atoms with Crippen molar-refractivity contribution in [1.82, 2.24) is 10.3 Å². The minimum atomic E-state index is 0.329. The second-order valence-corrected chi connectivity index (χ2v) is 5.28. The Hall–Kier alpha value is -1.81. The van der Waals surface area contributed by atoms with Crippen molar-refractivity contribution >= 4 is 0 Å². The van der Waals surface area contributed by atoms with E-state index in [9.17, 15) is 0 Å². The molecule has 2 aromatic rings. The van der Waals surface area contributed by atoms with Gasteiger partial charge in [-0.3, -0.25) is 0 Å². The van der Waals surface area contributed by atoms with Gasteiger partial charge in [-0.1, -0.05) is 18.2 Å². The maximum Gasteiger partial charge on any atom is 0.208 e. The van der Waals surface area contributed by atoms with Crippen LogP contribution in [0.25, 0.3) is 0 Å². The zero-order valence-corrected chi connectivity index (χ0v) is 12.0. The molecule has 4 heteroatoms. The van der Waals surface area contributed by atoms with Crippen molar-refractivity contribution in [3.05, 3.63) is 47.2 Å². The van der Waals surface area contributed by atoms with Gasteiger partial charge in [0, 0.05) is 6.04 Å². The second kappa shape index (κ2) is 5.67. The summed E-state index contributed by atoms with van der Waals surface area (Å²) in [6.07, 6.45) is 2.10. The minimum absolute atomic E-state index is 0.329. The van der Waals surface area contributed by atoms with Gasteiger partial charge in [0.05, 0.1) is 12.2 Å². The SMILES string of the molecule is Cc1nc(CNC2CCc3ccccc3OC2)oc1C. The van der Waals surface area contributed by atoms with Crippen LogP contribution < -0.4 is 10.1 Å². The van der Waals surface area contributed by atoms with E-state index in [0.29, 0.717) is 19.2 Å². The molecule has 4 nitrogen and oxygen atoms in total. The van der Waals surface area contributed by atoms with Crippen molar-refractivity contribution in [1.29, 1.82) is 0 Å². The molecule has 1 atom stereocenters. The van der Waals surface area contributed by atoms with Crippen LogP contribution in [0.1, 0.15) is 29.3 Å². The molecule has 0 aliphatic carbocycles. The topological polar surface area (TPSA) is 47.3 Å². The number of rotatable bonds is 3. The highest BCUT2D eigenvalue weighted by atomic mass is 16.5. The number of nitrogens with one attached hydrogen (secondary N) is 1. The van der Waals surface area contributed by atoms with E-state index in [1.54, 1.807) is 0 Å². The Morgan fingerprint density at radius 1 is 1.30 bits per heavy atom. The van der Waals surface area contributed by atoms with Crippen molar-refractivity contribution in [2.45, 2.75) is 39.3 Å². The van der Waals surface area contributed by atoms with Gasteiger partial charge in [0.1, 0.15) is 18.1 Å². The number of benzene rings is 1. The fraction of sp³-hybridized carbons (Fsp3) is 0.438. The van der Waals surface area contributed by atoms with Crippen LogP contribution in [0.4, 0.5) is 0 Å². The van der Waals surface area contributed by atoms with E-state index in [2.05, 4.69) is 22.4 Å². The van der Waals surface area contributed by atoms with Crippen molar-refractivity contribution in [3.8, 4) is 5.75 Å². The van der Waals surface area contributed by atoms with Crippen LogP contribution in [0, 0.1) is 13.8 Å². The highest BCUT2D eigenvalue weighted by Gasteiger charge is 2.17. The molecule has 1 aromatic carbocycles. The lowest BCUT2D eigenvalue weighted by Gasteiger charge is -2.14. The summed E-state index contributed by atoms with van der Waals surface area (Å²) in [7, 11) is 0. The predicted octanol–water partition coefficient (Wildman–Crippen LogP) is 2.77. The Balaban J connectivity index is 1.58. The number of aromatic nitrogens is 1. The summed E-state index contributed by atoms with van der Waals surface area (Å²) in [4.78, 5) is 4.39. The first-order chi connectivity index (χ1) is 9.72. The monoisotopic (exact) mass is 272 g/mol. The lowest BCUT2D eigenvalue weighted by molar-refractivity contribution is 0.262. The Kier molecular flexibility index (Phi) is 3.74. The third kappa shape index (κ3) is 2.85. The quantitative estimate of drug-likeness (QED) is 0.933. The number of hydrogen-bond acceptors (Lipinski definition) is 4. The molecule has 3 rings (SSSR count). The molecule has 106 valence electrons. The van der Waals surface area contributed by atoms with Gasteiger partial charge in [0.15, 0.2) is 0 Å². The number of aryl methyl sites for hydroxylation is 3. The molecule has 20 heavy (non-hydrogen) atoms. The molecular formula is C16H20N2O2. The molecule has 0 amide bonds. The second-order valence-electron chi connectivity index (χ2n) is 5.28. The third-order valence-electron chi connectivity index (χ3n) is 3.79. The molecular weight excluding hydrogens is 252 g/mol. The zero-order valence-electron chi connectivity index (χ0n) is 12.0. The number of fused-ring (bicyclic) bond motifs is 1. The first kappa shape index (κ1) is 13.2. The van der Waals surface area contributed by atoms with Crippen LogP contribution >= 0.6 is 0 Å². The summed E-state index contributed by atoms with van der Waals surface area (Å²) in [5.41, 5.74) is 2.26. The van der Waals surface area contributed by atoms with E-state index in [0.717, 1.165) is 35.9 Å². The largest absolute Gasteiger partial charge is 0.492 e. The summed E-state index contributed by atoms with van der Waals surface area (Å²) in [5, 5.41) is 3.47. The average Bonchev–Trinajstić information content (AvgIpc) is 2.67. The standard InChI is InChI=1S/C16H20N2O2/c1-11-12(2)20-16(18-11)9-17-14-8-7-13-5-3-4-6-15(13)19-10-14/h3-6,14,17H,7-10H2,1-2H3. The molecule has 0 radical (unpaired) electrons. The number of para-hydroxylation sites is 1. The van der Waals surface area contributed by atoms with Gasteiger partial charge >= 0.3 is 0 Å². The Morgan fingerprint density at radius 3 is 2.95 bits per heavy atom. The van der Waals surface area contributed by atoms with E-state index in [-0.39, 0.29) is 0 Å². The van der Waals surface area contributed by atoms with Gasteiger partial charge in [0.25, 0.3) is 0 Å². The Bertz CT molecular complexity index is 545. The maximum atomic E-state index is 5.86. The zero-order chi connectivity index (χ0) is 13.9. The van der Waals surface area contributed by atoms with E-state index < -0.39 is 0 Å². The predicted molar refractivity (Wildman–Crippen MR) is 76.9 cm³/mol. The smallest absolute Gasteiger partial charge is 0.208 e. The van der Waals surface area contributed by atoms with Crippen LogP contribution in [-0.2, 0) is 13.0 Å². The lowest BCUT2D eigenvalue weighted by Crippen LogP contribution is -2.33. The molecule has 0 spiro atoms. The first-order valence-corrected chi connectivity index (χ1v) is 7.09. The average molecular weight is 272 g/mol. The summed E-state index contributed by atoms with van der Waals surface area (Å²) in [6, 6.07) is 8.59. The summed E-state index contributed by atoms with van der Waals surface area (Å²) < 4.78 is 11.4. The van der Waals surface area contributed by atoms with Gasteiger partial charge in [-0.2, -0.15) is 0 Å². The van der Waals surface area contributed by atoms with Gasteiger partial charge in [-0.25, -0.2) is 4.98 Å². The van der Waals surface area contributed by atoms with Crippen molar-refractivity contribution < 1.29 is 9.15 Å².